The number of hydrogen-bond acceptors (Lipinski definition) is 2. The van der Waals surface area contributed by atoms with Gasteiger partial charge in [0.2, 0.25) is 0 Å². The predicted octanol–water partition coefficient (Wildman–Crippen LogP) is 1.97. The smallest absolute Gasteiger partial charge is 0.0462 e. The van der Waals surface area contributed by atoms with E-state index in [1.54, 1.807) is 7.11 Å². The molecule has 0 spiro atoms. The van der Waals surface area contributed by atoms with Gasteiger partial charge in [0.05, 0.1) is 0 Å². The van der Waals surface area contributed by atoms with Crippen LogP contribution in [0.25, 0.3) is 0 Å². The Hall–Kier alpha value is -0.340. The Morgan fingerprint density at radius 1 is 1.58 bits per heavy atom. The van der Waals surface area contributed by atoms with Gasteiger partial charge in [-0.05, 0) is 25.8 Å². The zero-order valence-corrected chi connectivity index (χ0v) is 8.31. The van der Waals surface area contributed by atoms with Crippen LogP contribution in [0.1, 0.15) is 26.2 Å². The second kappa shape index (κ2) is 8.75. The zero-order chi connectivity index (χ0) is 9.23. The van der Waals surface area contributed by atoms with Crippen molar-refractivity contribution in [1.82, 2.24) is 5.32 Å². The first-order valence-corrected chi connectivity index (χ1v) is 4.70. The summed E-state index contributed by atoms with van der Waals surface area (Å²) in [6.07, 6.45) is 5.38. The van der Waals surface area contributed by atoms with Crippen LogP contribution in [0.5, 0.6) is 0 Å². The van der Waals surface area contributed by atoms with E-state index in [9.17, 15) is 0 Å². The van der Waals surface area contributed by atoms with Crippen LogP contribution in [0, 0.1) is 0 Å². The summed E-state index contributed by atoms with van der Waals surface area (Å²) in [5.41, 5.74) is 0. The minimum absolute atomic E-state index is 0.458. The summed E-state index contributed by atoms with van der Waals surface area (Å²) in [6.45, 7) is 7.88. The van der Waals surface area contributed by atoms with E-state index in [4.69, 9.17) is 4.74 Å². The molecule has 1 N–H and O–H groups in total. The van der Waals surface area contributed by atoms with Crippen molar-refractivity contribution in [1.29, 1.82) is 0 Å². The summed E-state index contributed by atoms with van der Waals surface area (Å²) < 4.78 is 4.98. The lowest BCUT2D eigenvalue weighted by atomic mass is 10.1. The van der Waals surface area contributed by atoms with Crippen LogP contribution in [-0.4, -0.2) is 26.3 Å². The van der Waals surface area contributed by atoms with E-state index in [1.165, 1.54) is 6.42 Å². The van der Waals surface area contributed by atoms with Crippen molar-refractivity contribution in [2.75, 3.05) is 20.3 Å². The van der Waals surface area contributed by atoms with Crippen molar-refractivity contribution in [3.63, 3.8) is 0 Å². The Morgan fingerprint density at radius 2 is 2.33 bits per heavy atom. The largest absolute Gasteiger partial charge is 0.385 e. The standard InChI is InChI=1S/C10H21NO/c1-4-8-11-10(5-2)7-6-9-12-3/h5,10-11H,2,4,6-9H2,1,3H3. The van der Waals surface area contributed by atoms with Crippen molar-refractivity contribution in [2.24, 2.45) is 0 Å². The van der Waals surface area contributed by atoms with Crippen LogP contribution >= 0.6 is 0 Å². The summed E-state index contributed by atoms with van der Waals surface area (Å²) in [5, 5.41) is 3.40. The third-order valence-corrected chi connectivity index (χ3v) is 1.80. The first kappa shape index (κ1) is 11.7. The number of methoxy groups -OCH3 is 1. The second-order valence-corrected chi connectivity index (χ2v) is 2.93. The molecular weight excluding hydrogens is 150 g/mol. The molecule has 0 aliphatic rings. The summed E-state index contributed by atoms with van der Waals surface area (Å²) >= 11 is 0. The van der Waals surface area contributed by atoms with Crippen LogP contribution in [-0.2, 0) is 4.74 Å². The van der Waals surface area contributed by atoms with Gasteiger partial charge in [0.25, 0.3) is 0 Å². The van der Waals surface area contributed by atoms with Gasteiger partial charge in [0.1, 0.15) is 0 Å². The molecule has 0 bridgehead atoms. The quantitative estimate of drug-likeness (QED) is 0.445. The van der Waals surface area contributed by atoms with Crippen LogP contribution in [0.2, 0.25) is 0 Å². The lowest BCUT2D eigenvalue weighted by molar-refractivity contribution is 0.190. The summed E-state index contributed by atoms with van der Waals surface area (Å²) in [7, 11) is 1.74. The highest BCUT2D eigenvalue weighted by Gasteiger charge is 2.00. The highest BCUT2D eigenvalue weighted by Crippen LogP contribution is 1.98. The molecule has 12 heavy (non-hydrogen) atoms. The molecule has 72 valence electrons. The molecule has 0 aromatic heterocycles. The third-order valence-electron chi connectivity index (χ3n) is 1.80. The Labute approximate surface area is 76.0 Å². The summed E-state index contributed by atoms with van der Waals surface area (Å²) in [4.78, 5) is 0. The van der Waals surface area contributed by atoms with Gasteiger partial charge in [0.15, 0.2) is 0 Å². The average Bonchev–Trinajstić information content (AvgIpc) is 2.11. The van der Waals surface area contributed by atoms with Crippen molar-refractivity contribution in [2.45, 2.75) is 32.2 Å². The van der Waals surface area contributed by atoms with Crippen molar-refractivity contribution in [3.05, 3.63) is 12.7 Å². The predicted molar refractivity (Wildman–Crippen MR) is 53.4 cm³/mol. The number of hydrogen-bond donors (Lipinski definition) is 1. The normalized spacial score (nSPS) is 12.8. The number of ether oxygens (including phenoxy) is 1. The molecule has 0 radical (unpaired) electrons. The van der Waals surface area contributed by atoms with Gasteiger partial charge >= 0.3 is 0 Å². The van der Waals surface area contributed by atoms with E-state index in [-0.39, 0.29) is 0 Å². The molecule has 1 atom stereocenters. The Kier molecular flexibility index (Phi) is 8.51. The van der Waals surface area contributed by atoms with Gasteiger partial charge in [-0.3, -0.25) is 0 Å². The van der Waals surface area contributed by atoms with Gasteiger partial charge in [-0.2, -0.15) is 0 Å². The Balaban J connectivity index is 3.32. The van der Waals surface area contributed by atoms with Gasteiger partial charge < -0.3 is 10.1 Å². The fraction of sp³-hybridized carbons (Fsp3) is 0.800. The summed E-state index contributed by atoms with van der Waals surface area (Å²) in [6, 6.07) is 0.458. The summed E-state index contributed by atoms with van der Waals surface area (Å²) in [5.74, 6) is 0. The molecule has 2 heteroatoms. The number of rotatable bonds is 8. The monoisotopic (exact) mass is 171 g/mol. The fourth-order valence-corrected chi connectivity index (χ4v) is 1.08. The molecule has 0 fully saturated rings. The molecule has 1 unspecified atom stereocenters. The molecule has 0 saturated heterocycles. The van der Waals surface area contributed by atoms with Crippen LogP contribution in [0.15, 0.2) is 12.7 Å². The maximum atomic E-state index is 4.98. The molecule has 0 aromatic carbocycles. The van der Waals surface area contributed by atoms with E-state index >= 15 is 0 Å². The molecule has 0 aliphatic carbocycles. The average molecular weight is 171 g/mol. The molecule has 0 aromatic rings. The van der Waals surface area contributed by atoms with E-state index < -0.39 is 0 Å². The lowest BCUT2D eigenvalue weighted by Gasteiger charge is -2.13. The SMILES string of the molecule is C=CC(CCCOC)NCCC. The van der Waals surface area contributed by atoms with Gasteiger partial charge in [-0.25, -0.2) is 0 Å². The second-order valence-electron chi connectivity index (χ2n) is 2.93. The minimum Gasteiger partial charge on any atom is -0.385 e. The highest BCUT2D eigenvalue weighted by atomic mass is 16.5. The van der Waals surface area contributed by atoms with Crippen molar-refractivity contribution in [3.8, 4) is 0 Å². The molecule has 0 saturated carbocycles. The van der Waals surface area contributed by atoms with E-state index in [2.05, 4.69) is 18.8 Å². The fourth-order valence-electron chi connectivity index (χ4n) is 1.08. The van der Waals surface area contributed by atoms with Crippen molar-refractivity contribution >= 4 is 0 Å². The van der Waals surface area contributed by atoms with Gasteiger partial charge in [0, 0.05) is 19.8 Å². The Bertz CT molecular complexity index is 104. The number of nitrogens with one attached hydrogen (secondary N) is 1. The van der Waals surface area contributed by atoms with Crippen LogP contribution in [0.4, 0.5) is 0 Å². The van der Waals surface area contributed by atoms with E-state index in [0.717, 1.165) is 26.0 Å². The highest BCUT2D eigenvalue weighted by molar-refractivity contribution is 4.84. The van der Waals surface area contributed by atoms with Gasteiger partial charge in [-0.1, -0.05) is 13.0 Å². The topological polar surface area (TPSA) is 21.3 Å². The first-order valence-electron chi connectivity index (χ1n) is 4.70. The molecule has 0 rings (SSSR count). The molecule has 0 aliphatic heterocycles. The first-order chi connectivity index (χ1) is 5.85. The Morgan fingerprint density at radius 3 is 2.83 bits per heavy atom. The maximum Gasteiger partial charge on any atom is 0.0462 e. The van der Waals surface area contributed by atoms with Gasteiger partial charge in [-0.15, -0.1) is 6.58 Å². The maximum absolute atomic E-state index is 4.98. The van der Waals surface area contributed by atoms with E-state index in [1.807, 2.05) is 6.08 Å². The molecular formula is C10H21NO. The lowest BCUT2D eigenvalue weighted by Crippen LogP contribution is -2.27. The van der Waals surface area contributed by atoms with Crippen molar-refractivity contribution < 1.29 is 4.74 Å². The molecule has 2 nitrogen and oxygen atoms in total. The third kappa shape index (κ3) is 6.38. The molecule has 0 amide bonds. The van der Waals surface area contributed by atoms with E-state index in [0.29, 0.717) is 6.04 Å². The van der Waals surface area contributed by atoms with Crippen LogP contribution < -0.4 is 5.32 Å². The zero-order valence-electron chi connectivity index (χ0n) is 8.31. The minimum atomic E-state index is 0.458. The molecule has 0 heterocycles. The van der Waals surface area contributed by atoms with Crippen LogP contribution in [0.3, 0.4) is 0 Å².